The molecule has 0 aromatic heterocycles. The van der Waals surface area contributed by atoms with Crippen molar-refractivity contribution in [3.05, 3.63) is 35.4 Å². The van der Waals surface area contributed by atoms with Crippen molar-refractivity contribution in [1.82, 2.24) is 15.5 Å². The SMILES string of the molecule is CCNC(=NCC(=O)N1CCc2ccccc2C1)NC1CCCCC1.I. The molecule has 5 nitrogen and oxygen atoms in total. The summed E-state index contributed by atoms with van der Waals surface area (Å²) in [5.41, 5.74) is 2.63. The van der Waals surface area contributed by atoms with Crippen LogP contribution in [0, 0.1) is 0 Å². The van der Waals surface area contributed by atoms with Gasteiger partial charge in [-0.2, -0.15) is 0 Å². The van der Waals surface area contributed by atoms with Gasteiger partial charge in [0.1, 0.15) is 6.54 Å². The number of nitrogens with zero attached hydrogens (tertiary/aromatic N) is 2. The second-order valence-corrected chi connectivity index (χ2v) is 7.01. The molecule has 1 heterocycles. The maximum Gasteiger partial charge on any atom is 0.244 e. The standard InChI is InChI=1S/C20H30N4O.HI/c1-2-21-20(23-18-10-4-3-5-11-18)22-14-19(25)24-13-12-16-8-6-7-9-17(16)15-24;/h6-9,18H,2-5,10-15H2,1H3,(H2,21,22,23);1H. The van der Waals surface area contributed by atoms with Gasteiger partial charge in [-0.25, -0.2) is 4.99 Å². The van der Waals surface area contributed by atoms with Crippen LogP contribution in [-0.2, 0) is 17.8 Å². The third kappa shape index (κ3) is 5.86. The van der Waals surface area contributed by atoms with Crippen LogP contribution in [0.25, 0.3) is 0 Å². The molecule has 1 amide bonds. The van der Waals surface area contributed by atoms with Crippen molar-refractivity contribution in [3.63, 3.8) is 0 Å². The number of benzene rings is 1. The summed E-state index contributed by atoms with van der Waals surface area (Å²) in [6, 6.07) is 8.88. The zero-order chi connectivity index (χ0) is 17.5. The van der Waals surface area contributed by atoms with E-state index >= 15 is 0 Å². The Labute approximate surface area is 174 Å². The molecule has 0 saturated heterocycles. The Bertz CT molecular complexity index is 614. The molecule has 144 valence electrons. The van der Waals surface area contributed by atoms with Gasteiger partial charge in [-0.3, -0.25) is 4.79 Å². The van der Waals surface area contributed by atoms with E-state index in [-0.39, 0.29) is 36.4 Å². The number of amides is 1. The summed E-state index contributed by atoms with van der Waals surface area (Å²) in [5, 5.41) is 6.77. The van der Waals surface area contributed by atoms with Crippen molar-refractivity contribution in [2.75, 3.05) is 19.6 Å². The van der Waals surface area contributed by atoms with E-state index in [9.17, 15) is 4.79 Å². The highest BCUT2D eigenvalue weighted by atomic mass is 127. The van der Waals surface area contributed by atoms with Crippen molar-refractivity contribution in [1.29, 1.82) is 0 Å². The van der Waals surface area contributed by atoms with Crippen LogP contribution >= 0.6 is 24.0 Å². The van der Waals surface area contributed by atoms with E-state index in [1.54, 1.807) is 0 Å². The molecule has 0 unspecified atom stereocenters. The van der Waals surface area contributed by atoms with E-state index in [1.807, 2.05) is 11.0 Å². The van der Waals surface area contributed by atoms with Crippen LogP contribution in [0.15, 0.2) is 29.3 Å². The first-order valence-corrected chi connectivity index (χ1v) is 9.65. The molecular formula is C20H31IN4O. The van der Waals surface area contributed by atoms with E-state index in [1.165, 1.54) is 43.2 Å². The smallest absolute Gasteiger partial charge is 0.244 e. The molecule has 0 spiro atoms. The molecule has 1 aromatic carbocycles. The van der Waals surface area contributed by atoms with Crippen LogP contribution in [0.5, 0.6) is 0 Å². The summed E-state index contributed by atoms with van der Waals surface area (Å²) in [7, 11) is 0. The fraction of sp³-hybridized carbons (Fsp3) is 0.600. The van der Waals surface area contributed by atoms with Crippen LogP contribution in [0.3, 0.4) is 0 Å². The lowest BCUT2D eigenvalue weighted by atomic mass is 9.96. The second-order valence-electron chi connectivity index (χ2n) is 7.01. The summed E-state index contributed by atoms with van der Waals surface area (Å²) >= 11 is 0. The number of rotatable bonds is 4. The first-order chi connectivity index (χ1) is 12.3. The maximum absolute atomic E-state index is 12.6. The van der Waals surface area contributed by atoms with Crippen LogP contribution in [-0.4, -0.2) is 42.4 Å². The Kier molecular flexibility index (Phi) is 8.68. The molecule has 1 aromatic rings. The quantitative estimate of drug-likeness (QED) is 0.404. The Morgan fingerprint density at radius 3 is 2.65 bits per heavy atom. The number of nitrogens with one attached hydrogen (secondary N) is 2. The summed E-state index contributed by atoms with van der Waals surface area (Å²) in [5.74, 6) is 0.885. The van der Waals surface area contributed by atoms with Crippen LogP contribution in [0.2, 0.25) is 0 Å². The fourth-order valence-electron chi connectivity index (χ4n) is 3.72. The highest BCUT2D eigenvalue weighted by Crippen LogP contribution is 2.19. The van der Waals surface area contributed by atoms with Crippen molar-refractivity contribution in [2.24, 2.45) is 4.99 Å². The van der Waals surface area contributed by atoms with Crippen molar-refractivity contribution < 1.29 is 4.79 Å². The lowest BCUT2D eigenvalue weighted by Gasteiger charge is -2.28. The van der Waals surface area contributed by atoms with E-state index in [0.717, 1.165) is 25.5 Å². The second kappa shape index (κ2) is 10.7. The van der Waals surface area contributed by atoms with E-state index < -0.39 is 0 Å². The van der Waals surface area contributed by atoms with Gasteiger partial charge in [-0.05, 0) is 37.3 Å². The molecule has 3 rings (SSSR count). The Morgan fingerprint density at radius 1 is 1.19 bits per heavy atom. The van der Waals surface area contributed by atoms with Crippen LogP contribution in [0.1, 0.15) is 50.2 Å². The monoisotopic (exact) mass is 470 g/mol. The van der Waals surface area contributed by atoms with Crippen LogP contribution < -0.4 is 10.6 Å². The van der Waals surface area contributed by atoms with Gasteiger partial charge in [0.25, 0.3) is 0 Å². The predicted molar refractivity (Wildman–Crippen MR) is 117 cm³/mol. The molecule has 26 heavy (non-hydrogen) atoms. The molecule has 0 bridgehead atoms. The van der Waals surface area contributed by atoms with Gasteiger partial charge in [-0.15, -0.1) is 24.0 Å². The van der Waals surface area contributed by atoms with Gasteiger partial charge in [0.05, 0.1) is 0 Å². The summed E-state index contributed by atoms with van der Waals surface area (Å²) in [6.07, 6.45) is 7.22. The number of halogens is 1. The summed E-state index contributed by atoms with van der Waals surface area (Å²) < 4.78 is 0. The number of hydrogen-bond acceptors (Lipinski definition) is 2. The molecule has 2 N–H and O–H groups in total. The molecule has 2 aliphatic rings. The van der Waals surface area contributed by atoms with Gasteiger partial charge < -0.3 is 15.5 Å². The number of fused-ring (bicyclic) bond motifs is 1. The minimum atomic E-state index is 0. The van der Waals surface area contributed by atoms with Crippen molar-refractivity contribution in [2.45, 2.75) is 58.0 Å². The van der Waals surface area contributed by atoms with Gasteiger partial charge in [0, 0.05) is 25.7 Å². The maximum atomic E-state index is 12.6. The minimum absolute atomic E-state index is 0. The number of guanidine groups is 1. The molecule has 1 saturated carbocycles. The topological polar surface area (TPSA) is 56.7 Å². The highest BCUT2D eigenvalue weighted by Gasteiger charge is 2.20. The minimum Gasteiger partial charge on any atom is -0.357 e. The lowest BCUT2D eigenvalue weighted by Crippen LogP contribution is -2.45. The van der Waals surface area contributed by atoms with Crippen molar-refractivity contribution >= 4 is 35.8 Å². The number of hydrogen-bond donors (Lipinski definition) is 2. The molecule has 0 radical (unpaired) electrons. The summed E-state index contributed by atoms with van der Waals surface area (Å²) in [4.78, 5) is 19.0. The molecular weight excluding hydrogens is 439 g/mol. The Balaban J connectivity index is 0.00000243. The number of aliphatic imine (C=N–C) groups is 1. The summed E-state index contributed by atoms with van der Waals surface area (Å²) in [6.45, 7) is 4.57. The zero-order valence-corrected chi connectivity index (χ0v) is 18.0. The third-order valence-electron chi connectivity index (χ3n) is 5.15. The lowest BCUT2D eigenvalue weighted by molar-refractivity contribution is -0.130. The van der Waals surface area contributed by atoms with Gasteiger partial charge >= 0.3 is 0 Å². The number of carbonyl (C=O) groups excluding carboxylic acids is 1. The molecule has 1 aliphatic carbocycles. The molecule has 0 atom stereocenters. The first-order valence-electron chi connectivity index (χ1n) is 9.65. The largest absolute Gasteiger partial charge is 0.357 e. The van der Waals surface area contributed by atoms with Gasteiger partial charge in [0.15, 0.2) is 5.96 Å². The predicted octanol–water partition coefficient (Wildman–Crippen LogP) is 3.08. The average molecular weight is 470 g/mol. The van der Waals surface area contributed by atoms with Gasteiger partial charge in [-0.1, -0.05) is 43.5 Å². The normalized spacial score (nSPS) is 17.9. The fourth-order valence-corrected chi connectivity index (χ4v) is 3.72. The Morgan fingerprint density at radius 2 is 1.92 bits per heavy atom. The van der Waals surface area contributed by atoms with Crippen molar-refractivity contribution in [3.8, 4) is 0 Å². The molecule has 6 heteroatoms. The van der Waals surface area contributed by atoms with E-state index in [2.05, 4.69) is 40.7 Å². The Hall–Kier alpha value is -1.31. The molecule has 1 aliphatic heterocycles. The highest BCUT2D eigenvalue weighted by molar-refractivity contribution is 14.0. The average Bonchev–Trinajstić information content (AvgIpc) is 2.66. The number of carbonyl (C=O) groups is 1. The van der Waals surface area contributed by atoms with E-state index in [4.69, 9.17) is 0 Å². The third-order valence-corrected chi connectivity index (χ3v) is 5.15. The molecule has 1 fully saturated rings. The van der Waals surface area contributed by atoms with Crippen LogP contribution in [0.4, 0.5) is 0 Å². The zero-order valence-electron chi connectivity index (χ0n) is 15.7. The van der Waals surface area contributed by atoms with Gasteiger partial charge in [0.2, 0.25) is 5.91 Å². The van der Waals surface area contributed by atoms with E-state index in [0.29, 0.717) is 12.6 Å². The first kappa shape index (κ1) is 21.0.